The maximum absolute atomic E-state index is 15.9. The topological polar surface area (TPSA) is 53.0 Å². The van der Waals surface area contributed by atoms with Crippen molar-refractivity contribution in [1.29, 1.82) is 0 Å². The lowest BCUT2D eigenvalue weighted by atomic mass is 9.67. The number of aliphatic hydroxyl groups excluding tert-OH is 1. The molecule has 4 aliphatic rings. The summed E-state index contributed by atoms with van der Waals surface area (Å²) in [5.41, 5.74) is -1.91. The highest BCUT2D eigenvalue weighted by atomic mass is 19.4. The van der Waals surface area contributed by atoms with E-state index in [0.29, 0.717) is 50.9 Å². The highest BCUT2D eigenvalue weighted by molar-refractivity contribution is 5.92. The zero-order valence-corrected chi connectivity index (χ0v) is 21.5. The van der Waals surface area contributed by atoms with Crippen LogP contribution in [0.15, 0.2) is 48.6 Å². The molecular weight excluding hydrogens is 500 g/mol. The summed E-state index contributed by atoms with van der Waals surface area (Å²) < 4.78 is 62.9. The second kappa shape index (κ2) is 10.7. The van der Waals surface area contributed by atoms with Crippen molar-refractivity contribution < 1.29 is 32.2 Å². The van der Waals surface area contributed by atoms with E-state index in [1.807, 2.05) is 35.2 Å². The summed E-state index contributed by atoms with van der Waals surface area (Å²) in [6, 6.07) is 9.34. The van der Waals surface area contributed by atoms with Gasteiger partial charge in [0.1, 0.15) is 0 Å². The number of nitrogens with zero attached hydrogens (tertiary/aromatic N) is 2. The molecule has 3 fully saturated rings. The van der Waals surface area contributed by atoms with Crippen LogP contribution in [-0.2, 0) is 9.53 Å². The summed E-state index contributed by atoms with van der Waals surface area (Å²) in [4.78, 5) is 16.9. The van der Waals surface area contributed by atoms with Gasteiger partial charge in [-0.15, -0.1) is 0 Å². The van der Waals surface area contributed by atoms with E-state index in [9.17, 15) is 23.1 Å². The molecule has 1 aromatic rings. The lowest BCUT2D eigenvalue weighted by Gasteiger charge is -2.47. The van der Waals surface area contributed by atoms with Crippen molar-refractivity contribution >= 4 is 11.5 Å². The molecule has 9 heteroatoms. The lowest BCUT2D eigenvalue weighted by Crippen LogP contribution is -2.56. The predicted octanol–water partition coefficient (Wildman–Crippen LogP) is 4.77. The number of alkyl halides is 4. The normalized spacial score (nSPS) is 30.2. The van der Waals surface area contributed by atoms with Crippen molar-refractivity contribution in [2.24, 2.45) is 11.3 Å². The number of allylic oxidation sites excluding steroid dienone is 2. The van der Waals surface area contributed by atoms with Gasteiger partial charge in [0.15, 0.2) is 11.8 Å². The van der Waals surface area contributed by atoms with Crippen LogP contribution in [0.3, 0.4) is 0 Å². The molecule has 0 spiro atoms. The minimum atomic E-state index is -4.18. The van der Waals surface area contributed by atoms with Crippen molar-refractivity contribution in [3.8, 4) is 0 Å². The van der Waals surface area contributed by atoms with Crippen molar-refractivity contribution in [3.63, 3.8) is 0 Å². The standard InChI is InChI=1S/C29H36F4N2O3/c30-25-17-23(22-5-2-1-3-6-22)7-13-28(25,26(37)35-16-10-24(36)18-35)38-19-21-8-14-34(15-9-21)20-27(11-4-12-27)29(31,32)33/h1-3,5-7,13,17,21,24-25,36H,4,8-12,14-16,18-20H2/t24-,25?,28?/m0/s1. The Hall–Kier alpha value is -2.23. The first-order valence-electron chi connectivity index (χ1n) is 13.6. The number of hydrogen-bond acceptors (Lipinski definition) is 4. The third kappa shape index (κ3) is 5.29. The molecule has 2 saturated heterocycles. The van der Waals surface area contributed by atoms with Crippen LogP contribution >= 0.6 is 0 Å². The van der Waals surface area contributed by atoms with Gasteiger partial charge < -0.3 is 19.6 Å². The summed E-state index contributed by atoms with van der Waals surface area (Å²) in [5, 5.41) is 9.97. The third-order valence-corrected chi connectivity index (χ3v) is 8.84. The van der Waals surface area contributed by atoms with Gasteiger partial charge in [0.25, 0.3) is 5.91 Å². The van der Waals surface area contributed by atoms with Gasteiger partial charge in [-0.2, -0.15) is 13.2 Å². The first-order valence-corrected chi connectivity index (χ1v) is 13.6. The van der Waals surface area contributed by atoms with Crippen molar-refractivity contribution in [2.45, 2.75) is 62.6 Å². The van der Waals surface area contributed by atoms with E-state index in [1.54, 1.807) is 6.08 Å². The molecule has 1 N–H and O–H groups in total. The van der Waals surface area contributed by atoms with Crippen LogP contribution in [0.5, 0.6) is 0 Å². The number of rotatable bonds is 7. The number of carbonyl (C=O) groups excluding carboxylic acids is 1. The average Bonchev–Trinajstić information content (AvgIpc) is 3.32. The van der Waals surface area contributed by atoms with Crippen molar-refractivity contribution in [2.75, 3.05) is 39.3 Å². The van der Waals surface area contributed by atoms with Crippen LogP contribution in [0.4, 0.5) is 17.6 Å². The Morgan fingerprint density at radius 2 is 1.79 bits per heavy atom. The number of aliphatic hydroxyl groups is 1. The number of likely N-dealkylation sites (tertiary alicyclic amines) is 2. The van der Waals surface area contributed by atoms with Gasteiger partial charge in [-0.25, -0.2) is 4.39 Å². The fourth-order valence-electron chi connectivity index (χ4n) is 6.15. The number of hydrogen-bond donors (Lipinski definition) is 1. The average molecular weight is 537 g/mol. The SMILES string of the molecule is O=C(N1CC[C@H](O)C1)C1(OCC2CCN(CC3(C(F)(F)F)CCC3)CC2)C=CC(c2ccccc2)=CC1F. The number of β-amino-alcohol motifs (C(OH)–C–C–N with tert-alkyl or cyclic N) is 1. The maximum Gasteiger partial charge on any atom is 0.395 e. The molecule has 1 aromatic carbocycles. The summed E-state index contributed by atoms with van der Waals surface area (Å²) in [6.07, 6.45) is 0.788. The first kappa shape index (κ1) is 27.3. The van der Waals surface area contributed by atoms with Gasteiger partial charge in [0, 0.05) is 19.6 Å². The molecule has 0 aromatic heterocycles. The molecule has 2 heterocycles. The van der Waals surface area contributed by atoms with E-state index in [1.165, 1.54) is 17.1 Å². The first-order chi connectivity index (χ1) is 18.1. The van der Waals surface area contributed by atoms with E-state index in [4.69, 9.17) is 4.74 Å². The summed E-state index contributed by atoms with van der Waals surface area (Å²) in [5.74, 6) is -0.487. The summed E-state index contributed by atoms with van der Waals surface area (Å²) >= 11 is 0. The Kier molecular flexibility index (Phi) is 7.73. The maximum atomic E-state index is 15.9. The fourth-order valence-corrected chi connectivity index (χ4v) is 6.15. The molecular formula is C29H36F4N2O3. The van der Waals surface area contributed by atoms with E-state index < -0.39 is 35.4 Å². The van der Waals surface area contributed by atoms with Crippen LogP contribution in [0.2, 0.25) is 0 Å². The van der Waals surface area contributed by atoms with Crippen molar-refractivity contribution in [1.82, 2.24) is 9.80 Å². The minimum Gasteiger partial charge on any atom is -0.391 e. The fraction of sp³-hybridized carbons (Fsp3) is 0.621. The quantitative estimate of drug-likeness (QED) is 0.510. The molecule has 2 aliphatic heterocycles. The number of ether oxygens (including phenoxy) is 1. The van der Waals surface area contributed by atoms with Crippen LogP contribution in [0.25, 0.3) is 5.57 Å². The van der Waals surface area contributed by atoms with Gasteiger partial charge in [0.2, 0.25) is 0 Å². The molecule has 5 rings (SSSR count). The van der Waals surface area contributed by atoms with Crippen LogP contribution in [-0.4, -0.2) is 84.2 Å². The molecule has 5 nitrogen and oxygen atoms in total. The smallest absolute Gasteiger partial charge is 0.391 e. The molecule has 38 heavy (non-hydrogen) atoms. The van der Waals surface area contributed by atoms with Gasteiger partial charge in [0.05, 0.1) is 18.1 Å². The second-order valence-corrected chi connectivity index (χ2v) is 11.4. The number of amides is 1. The number of benzene rings is 1. The molecule has 0 radical (unpaired) electrons. The molecule has 2 aliphatic carbocycles. The molecule has 2 unspecified atom stereocenters. The van der Waals surface area contributed by atoms with Gasteiger partial charge >= 0.3 is 6.18 Å². The van der Waals surface area contributed by atoms with Crippen molar-refractivity contribution in [3.05, 3.63) is 54.1 Å². The number of halogens is 4. The lowest BCUT2D eigenvalue weighted by molar-refractivity contribution is -0.256. The van der Waals surface area contributed by atoms with E-state index >= 15 is 4.39 Å². The summed E-state index contributed by atoms with van der Waals surface area (Å²) in [6.45, 7) is 1.70. The molecule has 0 bridgehead atoms. The van der Waals surface area contributed by atoms with Crippen LogP contribution in [0.1, 0.15) is 44.1 Å². The van der Waals surface area contributed by atoms with Crippen LogP contribution in [0, 0.1) is 11.3 Å². The number of piperidine rings is 1. The molecule has 1 amide bonds. The zero-order valence-electron chi connectivity index (χ0n) is 21.5. The monoisotopic (exact) mass is 536 g/mol. The highest BCUT2D eigenvalue weighted by Gasteiger charge is 2.58. The largest absolute Gasteiger partial charge is 0.395 e. The van der Waals surface area contributed by atoms with E-state index in [0.717, 1.165) is 5.56 Å². The highest BCUT2D eigenvalue weighted by Crippen LogP contribution is 2.53. The van der Waals surface area contributed by atoms with Gasteiger partial charge in [-0.1, -0.05) is 42.8 Å². The predicted molar refractivity (Wildman–Crippen MR) is 136 cm³/mol. The second-order valence-electron chi connectivity index (χ2n) is 11.4. The Bertz CT molecular complexity index is 1050. The van der Waals surface area contributed by atoms with Crippen LogP contribution < -0.4 is 0 Å². The Morgan fingerprint density at radius 3 is 2.34 bits per heavy atom. The van der Waals surface area contributed by atoms with Gasteiger partial charge in [-0.3, -0.25) is 4.79 Å². The Labute approximate surface area is 221 Å². The van der Waals surface area contributed by atoms with Gasteiger partial charge in [-0.05, 0) is 74.4 Å². The van der Waals surface area contributed by atoms with E-state index in [-0.39, 0.29) is 38.5 Å². The molecule has 208 valence electrons. The summed E-state index contributed by atoms with van der Waals surface area (Å²) in [7, 11) is 0. The van der Waals surface area contributed by atoms with E-state index in [2.05, 4.69) is 0 Å². The Balaban J connectivity index is 1.25. The third-order valence-electron chi connectivity index (χ3n) is 8.84. The number of carbonyl (C=O) groups is 1. The zero-order chi connectivity index (χ0) is 27.0. The minimum absolute atomic E-state index is 0.0171. The molecule has 3 atom stereocenters. The Morgan fingerprint density at radius 1 is 1.08 bits per heavy atom. The molecule has 1 saturated carbocycles.